The first-order valence-electron chi connectivity index (χ1n) is 6.23. The average Bonchev–Trinajstić information content (AvgIpc) is 2.64. The summed E-state index contributed by atoms with van der Waals surface area (Å²) in [6, 6.07) is 0. The van der Waals surface area contributed by atoms with Crippen LogP contribution in [-0.4, -0.2) is 37.0 Å². The van der Waals surface area contributed by atoms with Gasteiger partial charge in [0.15, 0.2) is 5.79 Å². The van der Waals surface area contributed by atoms with Crippen molar-refractivity contribution in [2.45, 2.75) is 39.0 Å². The van der Waals surface area contributed by atoms with Gasteiger partial charge in [-0.15, -0.1) is 0 Å². The van der Waals surface area contributed by atoms with Crippen LogP contribution < -0.4 is 4.72 Å². The molecule has 0 spiro atoms. The summed E-state index contributed by atoms with van der Waals surface area (Å²) in [6.45, 7) is 5.15. The van der Waals surface area contributed by atoms with Crippen molar-refractivity contribution in [1.29, 1.82) is 0 Å². The molecule has 2 rings (SSSR count). The Kier molecular flexibility index (Phi) is 4.81. The Morgan fingerprint density at radius 1 is 1.38 bits per heavy atom. The molecular weight excluding hydrogens is 322 g/mol. The van der Waals surface area contributed by atoms with Gasteiger partial charge in [0.1, 0.15) is 6.10 Å². The molecule has 21 heavy (non-hydrogen) atoms. The van der Waals surface area contributed by atoms with E-state index in [1.807, 2.05) is 0 Å². The Bertz CT molecular complexity index is 592. The molecule has 10 heteroatoms. The van der Waals surface area contributed by atoms with Gasteiger partial charge in [-0.2, -0.15) is 13.1 Å². The van der Waals surface area contributed by atoms with Gasteiger partial charge in [-0.25, -0.2) is 14.2 Å². The van der Waals surface area contributed by atoms with Crippen LogP contribution in [0, 0.1) is 0 Å². The number of aromatic nitrogens is 2. The van der Waals surface area contributed by atoms with Crippen LogP contribution in [0.4, 0.5) is 0 Å². The summed E-state index contributed by atoms with van der Waals surface area (Å²) in [5.74, 6) is -1.00. The molecule has 1 fully saturated rings. The van der Waals surface area contributed by atoms with Crippen molar-refractivity contribution >= 4 is 21.9 Å². The van der Waals surface area contributed by atoms with E-state index in [1.165, 1.54) is 12.4 Å². The molecule has 1 aromatic rings. The Morgan fingerprint density at radius 3 is 2.57 bits per heavy atom. The third-order valence-corrected chi connectivity index (χ3v) is 3.85. The smallest absolute Gasteiger partial charge is 0.337 e. The van der Waals surface area contributed by atoms with E-state index in [0.717, 1.165) is 0 Å². The molecule has 0 saturated carbocycles. The molecule has 0 aliphatic carbocycles. The second-order valence-electron chi connectivity index (χ2n) is 4.76. The van der Waals surface area contributed by atoms with Gasteiger partial charge in [0.2, 0.25) is 11.6 Å². The van der Waals surface area contributed by atoms with Crippen LogP contribution in [-0.2, 0) is 24.0 Å². The number of ether oxygens (including phenoxy) is 2. The predicted octanol–water partition coefficient (Wildman–Crippen LogP) is 1.15. The van der Waals surface area contributed by atoms with Crippen LogP contribution in [0.1, 0.15) is 32.4 Å². The van der Waals surface area contributed by atoms with Crippen LogP contribution in [0.25, 0.3) is 0 Å². The molecule has 2 atom stereocenters. The van der Waals surface area contributed by atoms with E-state index < -0.39 is 28.5 Å². The average molecular weight is 338 g/mol. The number of nitrogens with zero attached hydrogens (tertiary/aromatic N) is 2. The lowest BCUT2D eigenvalue weighted by Gasteiger charge is -2.16. The summed E-state index contributed by atoms with van der Waals surface area (Å²) < 4.78 is 41.8. The Labute approximate surface area is 128 Å². The molecule has 118 valence electrons. The summed E-state index contributed by atoms with van der Waals surface area (Å²) in [5.41, 5.74) is 0.502. The Hall–Kier alpha value is -0.840. The number of hydrogen-bond donors (Lipinski definition) is 1. The summed E-state index contributed by atoms with van der Waals surface area (Å²) in [4.78, 5) is 7.67. The third-order valence-electron chi connectivity index (χ3n) is 2.57. The topological polar surface area (TPSA) is 99.6 Å². The Morgan fingerprint density at radius 2 is 2.00 bits per heavy atom. The lowest BCUT2D eigenvalue weighted by Crippen LogP contribution is -2.32. The fraction of sp³-hybridized carbons (Fsp3) is 0.636. The first-order valence-corrected chi connectivity index (χ1v) is 8.02. The van der Waals surface area contributed by atoms with Gasteiger partial charge in [-0.05, 0) is 25.4 Å². The zero-order valence-electron chi connectivity index (χ0n) is 11.7. The van der Waals surface area contributed by atoms with Crippen molar-refractivity contribution in [3.63, 3.8) is 0 Å². The fourth-order valence-corrected chi connectivity index (χ4v) is 2.74. The first-order chi connectivity index (χ1) is 9.72. The van der Waals surface area contributed by atoms with E-state index in [9.17, 15) is 8.42 Å². The van der Waals surface area contributed by atoms with Gasteiger partial charge in [-0.1, -0.05) is 6.92 Å². The summed E-state index contributed by atoms with van der Waals surface area (Å²) in [7, 11) is -3.94. The maximum Gasteiger partial charge on any atom is 0.338 e. The van der Waals surface area contributed by atoms with Gasteiger partial charge >= 0.3 is 10.3 Å². The highest BCUT2D eigenvalue weighted by molar-refractivity contribution is 7.84. The minimum Gasteiger partial charge on any atom is -0.337 e. The van der Waals surface area contributed by atoms with E-state index in [2.05, 4.69) is 14.7 Å². The van der Waals surface area contributed by atoms with E-state index in [0.29, 0.717) is 5.56 Å². The van der Waals surface area contributed by atoms with Gasteiger partial charge in [0, 0.05) is 24.5 Å². The maximum absolute atomic E-state index is 11.7. The van der Waals surface area contributed by atoms with Gasteiger partial charge in [-0.3, -0.25) is 0 Å². The minimum absolute atomic E-state index is 0.0784. The summed E-state index contributed by atoms with van der Waals surface area (Å²) in [5, 5.41) is 0.0784. The fourth-order valence-electron chi connectivity index (χ4n) is 1.83. The molecule has 0 aromatic carbocycles. The quantitative estimate of drug-likeness (QED) is 0.804. The lowest BCUT2D eigenvalue weighted by molar-refractivity contribution is -0.167. The molecule has 0 amide bonds. The number of halogens is 1. The molecule has 2 unspecified atom stereocenters. The second kappa shape index (κ2) is 6.11. The zero-order valence-corrected chi connectivity index (χ0v) is 13.3. The van der Waals surface area contributed by atoms with E-state index in [1.54, 1.807) is 20.8 Å². The van der Waals surface area contributed by atoms with Gasteiger partial charge < -0.3 is 9.47 Å². The van der Waals surface area contributed by atoms with Crippen molar-refractivity contribution < 1.29 is 22.1 Å². The molecule has 1 aliphatic heterocycles. The highest BCUT2D eigenvalue weighted by atomic mass is 35.5. The molecule has 0 bridgehead atoms. The number of nitrogens with one attached hydrogen (secondary N) is 1. The molecule has 1 N–H and O–H groups in total. The van der Waals surface area contributed by atoms with Gasteiger partial charge in [0.25, 0.3) is 0 Å². The molecule has 0 radical (unpaired) electrons. The maximum atomic E-state index is 11.7. The second-order valence-corrected chi connectivity index (χ2v) is 6.49. The SMILES string of the molecule is CCNS(=O)(=O)OC1OC(C)(C)OC1c1cnc(Cl)nc1. The van der Waals surface area contributed by atoms with Crippen molar-refractivity contribution in [3.05, 3.63) is 23.2 Å². The monoisotopic (exact) mass is 337 g/mol. The van der Waals surface area contributed by atoms with E-state index >= 15 is 0 Å². The number of rotatable bonds is 5. The van der Waals surface area contributed by atoms with Crippen LogP contribution in [0.15, 0.2) is 12.4 Å². The van der Waals surface area contributed by atoms with E-state index in [-0.39, 0.29) is 11.8 Å². The molecule has 1 saturated heterocycles. The standard InChI is InChI=1S/C11H16ClN3O5S/c1-4-15-21(16,17)20-9-8(18-11(2,3)19-9)7-5-13-10(12)14-6-7/h5-6,8-9,15H,4H2,1-3H3. The van der Waals surface area contributed by atoms with Crippen LogP contribution >= 0.6 is 11.6 Å². The first kappa shape index (κ1) is 16.5. The molecule has 2 heterocycles. The normalized spacial score (nSPS) is 25.1. The van der Waals surface area contributed by atoms with E-state index in [4.69, 9.17) is 25.3 Å². The third kappa shape index (κ3) is 4.31. The molecule has 8 nitrogen and oxygen atoms in total. The summed E-state index contributed by atoms with van der Waals surface area (Å²) in [6.07, 6.45) is 0.932. The minimum atomic E-state index is -3.94. The largest absolute Gasteiger partial charge is 0.338 e. The van der Waals surface area contributed by atoms with Crippen LogP contribution in [0.3, 0.4) is 0 Å². The Balaban J connectivity index is 2.23. The van der Waals surface area contributed by atoms with Crippen molar-refractivity contribution in [1.82, 2.24) is 14.7 Å². The van der Waals surface area contributed by atoms with Crippen molar-refractivity contribution in [2.75, 3.05) is 6.54 Å². The summed E-state index contributed by atoms with van der Waals surface area (Å²) >= 11 is 5.63. The highest BCUT2D eigenvalue weighted by Gasteiger charge is 2.45. The number of hydrogen-bond acceptors (Lipinski definition) is 7. The molecule has 1 aliphatic rings. The van der Waals surface area contributed by atoms with Crippen LogP contribution in [0.2, 0.25) is 5.28 Å². The highest BCUT2D eigenvalue weighted by Crippen LogP contribution is 2.38. The lowest BCUT2D eigenvalue weighted by atomic mass is 10.2. The van der Waals surface area contributed by atoms with Crippen molar-refractivity contribution in [3.8, 4) is 0 Å². The van der Waals surface area contributed by atoms with Gasteiger partial charge in [0.05, 0.1) is 0 Å². The molecule has 1 aromatic heterocycles. The van der Waals surface area contributed by atoms with Crippen molar-refractivity contribution in [2.24, 2.45) is 0 Å². The van der Waals surface area contributed by atoms with Crippen LogP contribution in [0.5, 0.6) is 0 Å². The molecular formula is C11H16ClN3O5S. The predicted molar refractivity (Wildman–Crippen MR) is 73.5 cm³/mol. The zero-order chi connectivity index (χ0) is 15.7.